The monoisotopic (exact) mass is 925 g/mol. The summed E-state index contributed by atoms with van der Waals surface area (Å²) < 4.78 is 20.1. The fourth-order valence-electron chi connectivity index (χ4n) is 10.5. The third-order valence-corrected chi connectivity index (χ3v) is 13.8. The SMILES string of the molecule is c1ccc(-c2ccc(N(c3cc(N(c4ccccc4)c4cccc5c4oc4ccccc45)cc(N(c4ccccc4)c4cccc5c4oc4ccccc45)c3)c3ccc4oc5ccccc5c4c3)cc2)cc1. The number of para-hydroxylation sites is 7. The van der Waals surface area contributed by atoms with Crippen molar-refractivity contribution in [3.05, 3.63) is 261 Å². The Morgan fingerprint density at radius 1 is 0.208 bits per heavy atom. The van der Waals surface area contributed by atoms with Gasteiger partial charge in [0.25, 0.3) is 0 Å². The van der Waals surface area contributed by atoms with E-state index in [1.807, 2.05) is 36.4 Å². The minimum atomic E-state index is 0.798. The van der Waals surface area contributed by atoms with Gasteiger partial charge in [0.05, 0.1) is 28.4 Å². The number of hydrogen-bond acceptors (Lipinski definition) is 6. The zero-order valence-electron chi connectivity index (χ0n) is 38.9. The molecule has 3 heterocycles. The molecule has 14 aromatic rings. The highest BCUT2D eigenvalue weighted by Gasteiger charge is 2.26. The molecule has 0 aliphatic heterocycles. The van der Waals surface area contributed by atoms with E-state index >= 15 is 0 Å². The second-order valence-electron chi connectivity index (χ2n) is 18.1. The van der Waals surface area contributed by atoms with Crippen LogP contribution < -0.4 is 14.7 Å². The first kappa shape index (κ1) is 41.2. The highest BCUT2D eigenvalue weighted by molar-refractivity contribution is 6.12. The first-order chi connectivity index (χ1) is 35.7. The lowest BCUT2D eigenvalue weighted by Crippen LogP contribution is -2.16. The number of rotatable bonds is 10. The van der Waals surface area contributed by atoms with Crippen molar-refractivity contribution in [2.75, 3.05) is 14.7 Å². The van der Waals surface area contributed by atoms with Crippen LogP contribution in [0.2, 0.25) is 0 Å². The van der Waals surface area contributed by atoms with Crippen LogP contribution in [0, 0.1) is 0 Å². The Morgan fingerprint density at radius 3 is 1.11 bits per heavy atom. The molecule has 0 bridgehead atoms. The average molecular weight is 926 g/mol. The highest BCUT2D eigenvalue weighted by atomic mass is 16.3. The summed E-state index contributed by atoms with van der Waals surface area (Å²) in [5.41, 5.74) is 15.7. The molecule has 0 aliphatic carbocycles. The Bertz CT molecular complexity index is 4120. The van der Waals surface area contributed by atoms with Gasteiger partial charge >= 0.3 is 0 Å². The van der Waals surface area contributed by atoms with Crippen molar-refractivity contribution in [2.24, 2.45) is 0 Å². The summed E-state index contributed by atoms with van der Waals surface area (Å²) in [7, 11) is 0. The molecule has 0 saturated heterocycles. The molecule has 0 spiro atoms. The summed E-state index contributed by atoms with van der Waals surface area (Å²) in [6.07, 6.45) is 0. The Hall–Kier alpha value is -9.78. The van der Waals surface area contributed by atoms with Crippen molar-refractivity contribution in [2.45, 2.75) is 0 Å². The number of hydrogen-bond donors (Lipinski definition) is 0. The topological polar surface area (TPSA) is 49.1 Å². The molecule has 0 unspecified atom stereocenters. The van der Waals surface area contributed by atoms with E-state index in [0.717, 1.165) is 128 Å². The zero-order valence-corrected chi connectivity index (χ0v) is 38.9. The molecule has 6 heteroatoms. The minimum absolute atomic E-state index is 0.798. The predicted molar refractivity (Wildman–Crippen MR) is 298 cm³/mol. The fraction of sp³-hybridized carbons (Fsp3) is 0. The number of nitrogens with zero attached hydrogens (tertiary/aromatic N) is 3. The van der Waals surface area contributed by atoms with Crippen LogP contribution >= 0.6 is 0 Å². The molecule has 0 fully saturated rings. The highest BCUT2D eigenvalue weighted by Crippen LogP contribution is 2.50. The Kier molecular flexibility index (Phi) is 9.74. The van der Waals surface area contributed by atoms with Gasteiger partial charge in [-0.3, -0.25) is 0 Å². The molecule has 6 nitrogen and oxygen atoms in total. The van der Waals surface area contributed by atoms with Gasteiger partial charge in [0, 0.05) is 55.1 Å². The molecular formula is C66H43N3O3. The van der Waals surface area contributed by atoms with Gasteiger partial charge in [0.15, 0.2) is 11.2 Å². The van der Waals surface area contributed by atoms with E-state index in [4.69, 9.17) is 13.3 Å². The molecule has 14 rings (SSSR count). The molecule has 0 radical (unpaired) electrons. The van der Waals surface area contributed by atoms with E-state index in [-0.39, 0.29) is 0 Å². The van der Waals surface area contributed by atoms with Gasteiger partial charge in [-0.2, -0.15) is 0 Å². The van der Waals surface area contributed by atoms with Crippen molar-refractivity contribution >= 4 is 117 Å². The number of furan rings is 3. The van der Waals surface area contributed by atoms with Crippen molar-refractivity contribution in [1.82, 2.24) is 0 Å². The van der Waals surface area contributed by atoms with Crippen molar-refractivity contribution in [1.29, 1.82) is 0 Å². The first-order valence-electron chi connectivity index (χ1n) is 24.2. The maximum absolute atomic E-state index is 6.85. The lowest BCUT2D eigenvalue weighted by Gasteiger charge is -2.33. The third kappa shape index (κ3) is 6.96. The lowest BCUT2D eigenvalue weighted by molar-refractivity contribution is 0.668. The van der Waals surface area contributed by atoms with Crippen LogP contribution in [0.15, 0.2) is 274 Å². The van der Waals surface area contributed by atoms with Crippen molar-refractivity contribution < 1.29 is 13.3 Å². The lowest BCUT2D eigenvalue weighted by atomic mass is 10.0. The summed E-state index contributed by atoms with van der Waals surface area (Å²) >= 11 is 0. The normalized spacial score (nSPS) is 11.6. The molecule has 3 aromatic heterocycles. The Balaban J connectivity index is 1.08. The van der Waals surface area contributed by atoms with Gasteiger partial charge in [-0.25, -0.2) is 0 Å². The summed E-state index contributed by atoms with van der Waals surface area (Å²) in [5.74, 6) is 0. The second kappa shape index (κ2) is 17.0. The van der Waals surface area contributed by atoms with Gasteiger partial charge in [-0.05, 0) is 114 Å². The van der Waals surface area contributed by atoms with E-state index in [0.29, 0.717) is 0 Å². The average Bonchev–Trinajstić information content (AvgIpc) is 4.15. The van der Waals surface area contributed by atoms with Gasteiger partial charge in [-0.1, -0.05) is 158 Å². The van der Waals surface area contributed by atoms with Crippen LogP contribution in [-0.2, 0) is 0 Å². The number of benzene rings is 11. The molecule has 0 aliphatic rings. The molecule has 11 aromatic carbocycles. The Morgan fingerprint density at radius 2 is 0.583 bits per heavy atom. The van der Waals surface area contributed by atoms with E-state index < -0.39 is 0 Å². The van der Waals surface area contributed by atoms with Crippen LogP contribution in [-0.4, -0.2) is 0 Å². The van der Waals surface area contributed by atoms with Crippen LogP contribution in [0.1, 0.15) is 0 Å². The molecule has 0 saturated carbocycles. The van der Waals surface area contributed by atoms with Gasteiger partial charge in [-0.15, -0.1) is 0 Å². The fourth-order valence-corrected chi connectivity index (χ4v) is 10.5. The Labute approximate surface area is 415 Å². The van der Waals surface area contributed by atoms with E-state index in [9.17, 15) is 0 Å². The predicted octanol–water partition coefficient (Wildman–Crippen LogP) is 19.5. The van der Waals surface area contributed by atoms with Crippen LogP contribution in [0.5, 0.6) is 0 Å². The summed E-state index contributed by atoms with van der Waals surface area (Å²) in [6, 6.07) is 91.6. The zero-order chi connectivity index (χ0) is 47.5. The molecule has 0 N–H and O–H groups in total. The standard InChI is InChI=1S/C66H43N3O3/c1-4-18-44(19-5-1)45-34-36-48(37-35-45)67(49-38-39-64-58(43-49)55-26-12-13-31-61(55)70-64)50-40-51(68(46-20-6-2-7-21-46)59-29-16-27-56-53-24-10-14-32-62(53)71-65(56)59)42-52(41-50)69(47-22-8-3-9-23-47)60-30-17-28-57-54-25-11-15-33-63(54)72-66(57)60/h1-43H. The molecule has 340 valence electrons. The van der Waals surface area contributed by atoms with Crippen LogP contribution in [0.3, 0.4) is 0 Å². The third-order valence-electron chi connectivity index (χ3n) is 13.8. The molecule has 72 heavy (non-hydrogen) atoms. The van der Waals surface area contributed by atoms with Crippen LogP contribution in [0.25, 0.3) is 76.9 Å². The molecular weight excluding hydrogens is 883 g/mol. The van der Waals surface area contributed by atoms with Crippen molar-refractivity contribution in [3.63, 3.8) is 0 Å². The van der Waals surface area contributed by atoms with Crippen molar-refractivity contribution in [3.8, 4) is 11.1 Å². The molecule has 0 atom stereocenters. The second-order valence-corrected chi connectivity index (χ2v) is 18.1. The maximum atomic E-state index is 6.85. The van der Waals surface area contributed by atoms with Gasteiger partial charge in [0.1, 0.15) is 22.3 Å². The maximum Gasteiger partial charge on any atom is 0.159 e. The first-order valence-corrected chi connectivity index (χ1v) is 24.2. The van der Waals surface area contributed by atoms with E-state index in [1.54, 1.807) is 0 Å². The van der Waals surface area contributed by atoms with E-state index in [1.165, 1.54) is 0 Å². The van der Waals surface area contributed by atoms with Gasteiger partial charge < -0.3 is 28.0 Å². The van der Waals surface area contributed by atoms with E-state index in [2.05, 4.69) is 239 Å². The summed E-state index contributed by atoms with van der Waals surface area (Å²) in [5, 5.41) is 6.32. The largest absolute Gasteiger partial charge is 0.456 e. The van der Waals surface area contributed by atoms with Gasteiger partial charge in [0.2, 0.25) is 0 Å². The van der Waals surface area contributed by atoms with Crippen LogP contribution in [0.4, 0.5) is 51.2 Å². The summed E-state index contributed by atoms with van der Waals surface area (Å²) in [6.45, 7) is 0. The molecule has 0 amide bonds. The number of fused-ring (bicyclic) bond motifs is 9. The smallest absolute Gasteiger partial charge is 0.159 e. The minimum Gasteiger partial charge on any atom is -0.456 e. The quantitative estimate of drug-likeness (QED) is 0.136. The number of anilines is 9. The summed E-state index contributed by atoms with van der Waals surface area (Å²) in [4.78, 5) is 7.01.